The molecule has 0 saturated heterocycles. The molecule has 0 aliphatic carbocycles. The van der Waals surface area contributed by atoms with E-state index in [0.29, 0.717) is 6.04 Å². The number of benzene rings is 1. The number of nitrogens with one attached hydrogen (secondary N) is 1. The highest BCUT2D eigenvalue weighted by Gasteiger charge is 2.02. The molecule has 0 radical (unpaired) electrons. The van der Waals surface area contributed by atoms with E-state index in [1.54, 1.807) is 0 Å². The summed E-state index contributed by atoms with van der Waals surface area (Å²) in [4.78, 5) is 0. The molecule has 1 atom stereocenters. The molecule has 2 heteroatoms. The fourth-order valence-corrected chi connectivity index (χ4v) is 1.42. The van der Waals surface area contributed by atoms with Crippen molar-refractivity contribution < 1.29 is 4.74 Å². The zero-order valence-electron chi connectivity index (χ0n) is 9.28. The van der Waals surface area contributed by atoms with Crippen molar-refractivity contribution in [3.05, 3.63) is 48.7 Å². The largest absolute Gasteiger partial charge is 0.502 e. The molecule has 1 aromatic rings. The average molecular weight is 205 g/mol. The molecule has 2 nitrogen and oxygen atoms in total. The lowest BCUT2D eigenvalue weighted by atomic mass is 10.1. The molecule has 0 saturated carbocycles. The number of ether oxygens (including phenoxy) is 1. The molecule has 0 heterocycles. The van der Waals surface area contributed by atoms with E-state index in [1.807, 2.05) is 6.07 Å². The molecule has 1 N–H and O–H groups in total. The third-order valence-corrected chi connectivity index (χ3v) is 2.31. The van der Waals surface area contributed by atoms with Gasteiger partial charge in [0.15, 0.2) is 0 Å². The highest BCUT2D eigenvalue weighted by molar-refractivity contribution is 5.17. The maximum Gasteiger partial charge on any atom is 0.0885 e. The van der Waals surface area contributed by atoms with Crippen LogP contribution < -0.4 is 5.32 Å². The Balaban J connectivity index is 2.19. The van der Waals surface area contributed by atoms with Gasteiger partial charge in [0.1, 0.15) is 0 Å². The van der Waals surface area contributed by atoms with Gasteiger partial charge >= 0.3 is 0 Å². The van der Waals surface area contributed by atoms with E-state index in [-0.39, 0.29) is 0 Å². The molecule has 1 aromatic carbocycles. The Labute approximate surface area is 92.0 Å². The van der Waals surface area contributed by atoms with Gasteiger partial charge in [-0.1, -0.05) is 36.9 Å². The normalized spacial score (nSPS) is 12.1. The van der Waals surface area contributed by atoms with E-state index in [0.717, 1.165) is 19.6 Å². The Morgan fingerprint density at radius 2 is 2.13 bits per heavy atom. The van der Waals surface area contributed by atoms with Crippen LogP contribution in [0.1, 0.15) is 24.9 Å². The van der Waals surface area contributed by atoms with Gasteiger partial charge in [-0.2, -0.15) is 0 Å². The van der Waals surface area contributed by atoms with E-state index in [4.69, 9.17) is 4.74 Å². The molecule has 15 heavy (non-hydrogen) atoms. The van der Waals surface area contributed by atoms with Gasteiger partial charge in [-0.25, -0.2) is 0 Å². The van der Waals surface area contributed by atoms with Crippen LogP contribution in [0, 0.1) is 0 Å². The monoisotopic (exact) mass is 205 g/mol. The van der Waals surface area contributed by atoms with Crippen LogP contribution in [0.15, 0.2) is 43.2 Å². The molecule has 0 aliphatic heterocycles. The fourth-order valence-electron chi connectivity index (χ4n) is 1.42. The maximum atomic E-state index is 5.04. The van der Waals surface area contributed by atoms with Crippen LogP contribution in [-0.4, -0.2) is 13.2 Å². The summed E-state index contributed by atoms with van der Waals surface area (Å²) >= 11 is 0. The molecular formula is C13H19NO. The Kier molecular flexibility index (Phi) is 5.56. The first kappa shape index (κ1) is 11.8. The average Bonchev–Trinajstić information content (AvgIpc) is 2.30. The molecule has 0 spiro atoms. The first-order valence-electron chi connectivity index (χ1n) is 5.35. The standard InChI is InChI=1S/C13H19NO/c1-3-15-11-7-10-14-12(2)13-8-5-4-6-9-13/h3-6,8-9,12,14H,1,7,10-11H2,2H3. The van der Waals surface area contributed by atoms with Crippen molar-refractivity contribution in [3.63, 3.8) is 0 Å². The predicted octanol–water partition coefficient (Wildman–Crippen LogP) is 2.89. The van der Waals surface area contributed by atoms with Crippen LogP contribution in [0.3, 0.4) is 0 Å². The summed E-state index contributed by atoms with van der Waals surface area (Å²) < 4.78 is 5.04. The zero-order valence-corrected chi connectivity index (χ0v) is 9.28. The van der Waals surface area contributed by atoms with E-state index in [9.17, 15) is 0 Å². The highest BCUT2D eigenvalue weighted by atomic mass is 16.5. The molecule has 1 rings (SSSR count). The molecule has 0 fully saturated rings. The van der Waals surface area contributed by atoms with Gasteiger partial charge in [-0.15, -0.1) is 0 Å². The Morgan fingerprint density at radius 1 is 1.40 bits per heavy atom. The van der Waals surface area contributed by atoms with Crippen molar-refractivity contribution in [2.45, 2.75) is 19.4 Å². The molecule has 0 aromatic heterocycles. The maximum absolute atomic E-state index is 5.04. The third-order valence-electron chi connectivity index (χ3n) is 2.31. The van der Waals surface area contributed by atoms with Gasteiger partial charge in [0.2, 0.25) is 0 Å². The second kappa shape index (κ2) is 7.07. The summed E-state index contributed by atoms with van der Waals surface area (Å²) in [6.45, 7) is 7.37. The highest BCUT2D eigenvalue weighted by Crippen LogP contribution is 2.10. The van der Waals surface area contributed by atoms with Crippen LogP contribution >= 0.6 is 0 Å². The zero-order chi connectivity index (χ0) is 10.9. The van der Waals surface area contributed by atoms with Gasteiger partial charge in [-0.3, -0.25) is 0 Å². The summed E-state index contributed by atoms with van der Waals surface area (Å²) in [6.07, 6.45) is 2.49. The summed E-state index contributed by atoms with van der Waals surface area (Å²) in [7, 11) is 0. The van der Waals surface area contributed by atoms with Crippen LogP contribution in [0.5, 0.6) is 0 Å². The van der Waals surface area contributed by atoms with Crippen molar-refractivity contribution >= 4 is 0 Å². The smallest absolute Gasteiger partial charge is 0.0885 e. The molecule has 0 bridgehead atoms. The van der Waals surface area contributed by atoms with Crippen molar-refractivity contribution in [1.29, 1.82) is 0 Å². The van der Waals surface area contributed by atoms with E-state index in [2.05, 4.69) is 43.1 Å². The van der Waals surface area contributed by atoms with Crippen LogP contribution in [-0.2, 0) is 4.74 Å². The van der Waals surface area contributed by atoms with E-state index in [1.165, 1.54) is 11.8 Å². The molecule has 0 aliphatic rings. The Hall–Kier alpha value is -1.28. The number of hydrogen-bond donors (Lipinski definition) is 1. The van der Waals surface area contributed by atoms with Gasteiger partial charge in [0.05, 0.1) is 12.9 Å². The van der Waals surface area contributed by atoms with Crippen molar-refractivity contribution in [2.24, 2.45) is 0 Å². The van der Waals surface area contributed by atoms with Crippen molar-refractivity contribution in [2.75, 3.05) is 13.2 Å². The number of rotatable bonds is 7. The van der Waals surface area contributed by atoms with Crippen LogP contribution in [0.2, 0.25) is 0 Å². The van der Waals surface area contributed by atoms with Gasteiger partial charge < -0.3 is 10.1 Å². The molecular weight excluding hydrogens is 186 g/mol. The lowest BCUT2D eigenvalue weighted by Crippen LogP contribution is -2.20. The molecule has 1 unspecified atom stereocenters. The summed E-state index contributed by atoms with van der Waals surface area (Å²) in [5.74, 6) is 0. The van der Waals surface area contributed by atoms with Crippen molar-refractivity contribution in [3.8, 4) is 0 Å². The predicted molar refractivity (Wildman–Crippen MR) is 63.6 cm³/mol. The minimum Gasteiger partial charge on any atom is -0.502 e. The van der Waals surface area contributed by atoms with E-state index >= 15 is 0 Å². The quantitative estimate of drug-likeness (QED) is 0.546. The second-order valence-corrected chi connectivity index (χ2v) is 3.48. The first-order valence-corrected chi connectivity index (χ1v) is 5.35. The Morgan fingerprint density at radius 3 is 2.80 bits per heavy atom. The van der Waals surface area contributed by atoms with Gasteiger partial charge in [0.25, 0.3) is 0 Å². The van der Waals surface area contributed by atoms with Gasteiger partial charge in [0, 0.05) is 6.04 Å². The summed E-state index contributed by atoms with van der Waals surface area (Å²) in [5.41, 5.74) is 1.32. The third kappa shape index (κ3) is 4.66. The van der Waals surface area contributed by atoms with Crippen molar-refractivity contribution in [1.82, 2.24) is 5.32 Å². The fraction of sp³-hybridized carbons (Fsp3) is 0.385. The lowest BCUT2D eigenvalue weighted by molar-refractivity contribution is 0.243. The topological polar surface area (TPSA) is 21.3 Å². The first-order chi connectivity index (χ1) is 7.34. The second-order valence-electron chi connectivity index (χ2n) is 3.48. The summed E-state index contributed by atoms with van der Waals surface area (Å²) in [6, 6.07) is 10.8. The van der Waals surface area contributed by atoms with Crippen LogP contribution in [0.25, 0.3) is 0 Å². The Bertz CT molecular complexity index is 271. The SMILES string of the molecule is C=COCCCNC(C)c1ccccc1. The lowest BCUT2D eigenvalue weighted by Gasteiger charge is -2.13. The minimum absolute atomic E-state index is 0.398. The van der Waals surface area contributed by atoms with Crippen LogP contribution in [0.4, 0.5) is 0 Å². The molecule has 0 amide bonds. The number of hydrogen-bond acceptors (Lipinski definition) is 2. The summed E-state index contributed by atoms with van der Waals surface area (Å²) in [5, 5.41) is 3.44. The van der Waals surface area contributed by atoms with Gasteiger partial charge in [-0.05, 0) is 25.5 Å². The molecule has 82 valence electrons. The minimum atomic E-state index is 0.398. The van der Waals surface area contributed by atoms with E-state index < -0.39 is 0 Å².